The Labute approximate surface area is 114 Å². The normalized spacial score (nSPS) is 19.6. The predicted octanol–water partition coefficient (Wildman–Crippen LogP) is 3.93. The molecule has 1 aliphatic heterocycles. The molecule has 0 N–H and O–H groups in total. The van der Waals surface area contributed by atoms with Crippen molar-refractivity contribution in [3.63, 3.8) is 0 Å². The summed E-state index contributed by atoms with van der Waals surface area (Å²) in [7, 11) is 0. The molecule has 1 unspecified atom stereocenters. The first-order valence-electron chi connectivity index (χ1n) is 7.32. The summed E-state index contributed by atoms with van der Waals surface area (Å²) in [5.41, 5.74) is 2.34. The number of hydrogen-bond donors (Lipinski definition) is 0. The molecule has 102 valence electrons. The summed E-state index contributed by atoms with van der Waals surface area (Å²) in [6, 6.07) is 8.41. The van der Waals surface area contributed by atoms with Gasteiger partial charge in [-0.05, 0) is 37.3 Å². The molecule has 1 atom stereocenters. The number of nitrogens with zero attached hydrogens (tertiary/aromatic N) is 2. The lowest BCUT2D eigenvalue weighted by molar-refractivity contribution is 0.102. The Morgan fingerprint density at radius 3 is 2.95 bits per heavy atom. The van der Waals surface area contributed by atoms with Gasteiger partial charge in [-0.2, -0.15) is 0 Å². The topological polar surface area (TPSA) is 27.1 Å². The molecule has 1 fully saturated rings. The van der Waals surface area contributed by atoms with E-state index >= 15 is 0 Å². The van der Waals surface area contributed by atoms with Crippen LogP contribution >= 0.6 is 0 Å². The molecular formula is C16H22N2O. The second kappa shape index (κ2) is 5.33. The van der Waals surface area contributed by atoms with Crippen molar-refractivity contribution in [2.24, 2.45) is 5.92 Å². The fourth-order valence-corrected chi connectivity index (χ4v) is 2.74. The molecule has 3 rings (SSSR count). The molecule has 0 radical (unpaired) electrons. The van der Waals surface area contributed by atoms with Crippen molar-refractivity contribution in [1.82, 2.24) is 9.55 Å². The first-order valence-corrected chi connectivity index (χ1v) is 7.32. The van der Waals surface area contributed by atoms with Crippen LogP contribution in [-0.2, 0) is 11.3 Å². The van der Waals surface area contributed by atoms with Crippen molar-refractivity contribution < 1.29 is 4.74 Å². The predicted molar refractivity (Wildman–Crippen MR) is 77.1 cm³/mol. The van der Waals surface area contributed by atoms with Crippen LogP contribution < -0.4 is 0 Å². The largest absolute Gasteiger partial charge is 0.370 e. The zero-order chi connectivity index (χ0) is 13.2. The quantitative estimate of drug-likeness (QED) is 0.830. The maximum atomic E-state index is 5.83. The molecule has 0 spiro atoms. The van der Waals surface area contributed by atoms with Crippen molar-refractivity contribution in [2.75, 3.05) is 6.61 Å². The minimum absolute atomic E-state index is 0.194. The van der Waals surface area contributed by atoms with E-state index in [4.69, 9.17) is 9.72 Å². The fourth-order valence-electron chi connectivity index (χ4n) is 2.74. The average Bonchev–Trinajstić information content (AvgIpc) is 3.03. The van der Waals surface area contributed by atoms with Gasteiger partial charge in [0.25, 0.3) is 0 Å². The van der Waals surface area contributed by atoms with Gasteiger partial charge in [-0.15, -0.1) is 0 Å². The summed E-state index contributed by atoms with van der Waals surface area (Å²) < 4.78 is 8.20. The Bertz CT molecular complexity index is 553. The zero-order valence-electron chi connectivity index (χ0n) is 11.8. The highest BCUT2D eigenvalue weighted by atomic mass is 16.5. The number of ether oxygens (including phenoxy) is 1. The molecule has 2 aromatic rings. The minimum Gasteiger partial charge on any atom is -0.370 e. The molecular weight excluding hydrogens is 236 g/mol. The Balaban J connectivity index is 2.00. The Morgan fingerprint density at radius 2 is 2.21 bits per heavy atom. The van der Waals surface area contributed by atoms with Crippen molar-refractivity contribution in [3.05, 3.63) is 30.1 Å². The number of benzene rings is 1. The molecule has 0 saturated carbocycles. The molecule has 19 heavy (non-hydrogen) atoms. The second-order valence-corrected chi connectivity index (χ2v) is 5.79. The van der Waals surface area contributed by atoms with Crippen LogP contribution in [0.2, 0.25) is 0 Å². The molecule has 0 aliphatic carbocycles. The highest BCUT2D eigenvalue weighted by Gasteiger charge is 2.24. The van der Waals surface area contributed by atoms with E-state index < -0.39 is 0 Å². The van der Waals surface area contributed by atoms with E-state index in [1.807, 2.05) is 0 Å². The average molecular weight is 258 g/mol. The van der Waals surface area contributed by atoms with Gasteiger partial charge in [-0.1, -0.05) is 26.0 Å². The van der Waals surface area contributed by atoms with Crippen LogP contribution in [0.4, 0.5) is 0 Å². The fraction of sp³-hybridized carbons (Fsp3) is 0.562. The van der Waals surface area contributed by atoms with E-state index in [-0.39, 0.29) is 6.10 Å². The summed E-state index contributed by atoms with van der Waals surface area (Å²) in [5.74, 6) is 1.83. The zero-order valence-corrected chi connectivity index (χ0v) is 11.8. The lowest BCUT2D eigenvalue weighted by atomic mass is 10.1. The smallest absolute Gasteiger partial charge is 0.139 e. The van der Waals surface area contributed by atoms with Crippen LogP contribution in [-0.4, -0.2) is 16.2 Å². The van der Waals surface area contributed by atoms with Gasteiger partial charge in [0, 0.05) is 13.2 Å². The summed E-state index contributed by atoms with van der Waals surface area (Å²) >= 11 is 0. The Hall–Kier alpha value is -1.35. The molecule has 2 heterocycles. The molecule has 1 aliphatic rings. The number of imidazole rings is 1. The van der Waals surface area contributed by atoms with Crippen LogP contribution in [0.25, 0.3) is 11.0 Å². The first kappa shape index (κ1) is 12.7. The summed E-state index contributed by atoms with van der Waals surface area (Å²) in [5, 5.41) is 0. The molecule has 3 nitrogen and oxygen atoms in total. The van der Waals surface area contributed by atoms with E-state index in [1.54, 1.807) is 0 Å². The summed E-state index contributed by atoms with van der Waals surface area (Å²) in [6.07, 6.45) is 3.63. The van der Waals surface area contributed by atoms with Crippen LogP contribution in [0.5, 0.6) is 0 Å². The van der Waals surface area contributed by atoms with Crippen LogP contribution in [0.3, 0.4) is 0 Å². The number of fused-ring (bicyclic) bond motifs is 1. The number of aryl methyl sites for hydroxylation is 1. The molecule has 1 saturated heterocycles. The van der Waals surface area contributed by atoms with Crippen molar-refractivity contribution in [1.29, 1.82) is 0 Å². The van der Waals surface area contributed by atoms with E-state index in [9.17, 15) is 0 Å². The number of hydrogen-bond acceptors (Lipinski definition) is 2. The molecule has 1 aromatic carbocycles. The second-order valence-electron chi connectivity index (χ2n) is 5.79. The van der Waals surface area contributed by atoms with E-state index in [1.165, 1.54) is 11.9 Å². The van der Waals surface area contributed by atoms with E-state index in [2.05, 4.69) is 42.7 Å². The standard InChI is InChI=1S/C16H22N2O/c1-12(2)9-10-18-14-7-4-3-6-13(14)17-16(18)15-8-5-11-19-15/h3-4,6-7,12,15H,5,8-11H2,1-2H3. The van der Waals surface area contributed by atoms with Crippen molar-refractivity contribution >= 4 is 11.0 Å². The number of rotatable bonds is 4. The lowest BCUT2D eigenvalue weighted by Crippen LogP contribution is -2.10. The third kappa shape index (κ3) is 2.52. The number of para-hydroxylation sites is 2. The van der Waals surface area contributed by atoms with Crippen molar-refractivity contribution in [3.8, 4) is 0 Å². The van der Waals surface area contributed by atoms with E-state index in [0.717, 1.165) is 37.3 Å². The molecule has 0 bridgehead atoms. The van der Waals surface area contributed by atoms with Crippen LogP contribution in [0.1, 0.15) is 45.0 Å². The van der Waals surface area contributed by atoms with Gasteiger partial charge in [-0.3, -0.25) is 0 Å². The number of aromatic nitrogens is 2. The Morgan fingerprint density at radius 1 is 1.37 bits per heavy atom. The molecule has 0 amide bonds. The minimum atomic E-state index is 0.194. The summed E-state index contributed by atoms with van der Waals surface area (Å²) in [4.78, 5) is 4.81. The summed E-state index contributed by atoms with van der Waals surface area (Å²) in [6.45, 7) is 6.45. The van der Waals surface area contributed by atoms with Gasteiger partial charge in [0.05, 0.1) is 11.0 Å². The molecule has 3 heteroatoms. The van der Waals surface area contributed by atoms with Gasteiger partial charge in [0.1, 0.15) is 11.9 Å². The van der Waals surface area contributed by atoms with Gasteiger partial charge < -0.3 is 9.30 Å². The van der Waals surface area contributed by atoms with Gasteiger partial charge >= 0.3 is 0 Å². The van der Waals surface area contributed by atoms with Crippen molar-refractivity contribution in [2.45, 2.75) is 45.8 Å². The third-order valence-electron chi connectivity index (χ3n) is 3.83. The monoisotopic (exact) mass is 258 g/mol. The highest BCUT2D eigenvalue weighted by molar-refractivity contribution is 5.76. The maximum absolute atomic E-state index is 5.83. The van der Waals surface area contributed by atoms with E-state index in [0.29, 0.717) is 5.92 Å². The SMILES string of the molecule is CC(C)CCn1c(C2CCCO2)nc2ccccc21. The third-order valence-corrected chi connectivity index (χ3v) is 3.83. The van der Waals surface area contributed by atoms with Crippen LogP contribution in [0, 0.1) is 5.92 Å². The highest BCUT2D eigenvalue weighted by Crippen LogP contribution is 2.30. The Kier molecular flexibility index (Phi) is 3.56. The van der Waals surface area contributed by atoms with Crippen LogP contribution in [0.15, 0.2) is 24.3 Å². The molecule has 1 aromatic heterocycles. The lowest BCUT2D eigenvalue weighted by Gasteiger charge is -2.14. The van der Waals surface area contributed by atoms with Gasteiger partial charge in [-0.25, -0.2) is 4.98 Å². The first-order chi connectivity index (χ1) is 9.25. The van der Waals surface area contributed by atoms with Gasteiger partial charge in [0.2, 0.25) is 0 Å². The van der Waals surface area contributed by atoms with Gasteiger partial charge in [0.15, 0.2) is 0 Å². The maximum Gasteiger partial charge on any atom is 0.139 e.